The molecule has 0 spiro atoms. The van der Waals surface area contributed by atoms with Crippen molar-refractivity contribution in [1.29, 1.82) is 0 Å². The molecule has 2 unspecified atom stereocenters. The lowest BCUT2D eigenvalue weighted by Gasteiger charge is -2.33. The molecule has 3 rings (SSSR count). The summed E-state index contributed by atoms with van der Waals surface area (Å²) in [5.41, 5.74) is 0.894. The normalized spacial score (nSPS) is 22.5. The summed E-state index contributed by atoms with van der Waals surface area (Å²) in [6.45, 7) is 2.33. The summed E-state index contributed by atoms with van der Waals surface area (Å²) < 4.78 is 5.70. The van der Waals surface area contributed by atoms with E-state index in [4.69, 9.17) is 4.74 Å². The Hall–Kier alpha value is -1.49. The molecule has 2 atom stereocenters. The second kappa shape index (κ2) is 5.25. The number of pyridine rings is 1. The van der Waals surface area contributed by atoms with E-state index in [9.17, 15) is 5.11 Å². The van der Waals surface area contributed by atoms with Crippen LogP contribution in [0.5, 0.6) is 0 Å². The van der Waals surface area contributed by atoms with Crippen molar-refractivity contribution in [3.05, 3.63) is 42.2 Å². The van der Waals surface area contributed by atoms with Gasteiger partial charge in [0.05, 0.1) is 6.61 Å². The Labute approximate surface area is 112 Å². The van der Waals surface area contributed by atoms with E-state index >= 15 is 0 Å². The van der Waals surface area contributed by atoms with Gasteiger partial charge in [0.1, 0.15) is 12.2 Å². The molecule has 0 bridgehead atoms. The van der Waals surface area contributed by atoms with E-state index in [0.717, 1.165) is 29.4 Å². The highest BCUT2D eigenvalue weighted by Gasteiger charge is 2.27. The zero-order valence-electron chi connectivity index (χ0n) is 11.0. The Balaban J connectivity index is 1.95. The van der Waals surface area contributed by atoms with E-state index in [-0.39, 0.29) is 6.10 Å². The lowest BCUT2D eigenvalue weighted by Crippen LogP contribution is -2.43. The highest BCUT2D eigenvalue weighted by atomic mass is 16.5. The van der Waals surface area contributed by atoms with Gasteiger partial charge in [-0.1, -0.05) is 18.2 Å². The first-order valence-electron chi connectivity index (χ1n) is 6.56. The molecule has 1 fully saturated rings. The van der Waals surface area contributed by atoms with Gasteiger partial charge in [-0.25, -0.2) is 0 Å². The highest BCUT2D eigenvalue weighted by molar-refractivity contribution is 5.85. The Kier molecular flexibility index (Phi) is 3.46. The summed E-state index contributed by atoms with van der Waals surface area (Å²) in [6.07, 6.45) is 2.78. The molecule has 0 amide bonds. The third-order valence-corrected chi connectivity index (χ3v) is 3.68. The predicted octanol–water partition coefficient (Wildman–Crippen LogP) is 1.60. The fraction of sp³-hybridized carbons (Fsp3) is 0.400. The van der Waals surface area contributed by atoms with Crippen molar-refractivity contribution in [1.82, 2.24) is 9.88 Å². The molecule has 1 saturated heterocycles. The van der Waals surface area contributed by atoms with Crippen molar-refractivity contribution < 1.29 is 9.84 Å². The summed E-state index contributed by atoms with van der Waals surface area (Å²) >= 11 is 0. The van der Waals surface area contributed by atoms with Gasteiger partial charge < -0.3 is 14.7 Å². The van der Waals surface area contributed by atoms with Gasteiger partial charge in [0.25, 0.3) is 0 Å². The molecular weight excluding hydrogens is 240 g/mol. The van der Waals surface area contributed by atoms with Crippen molar-refractivity contribution >= 4 is 10.8 Å². The largest absolute Gasteiger partial charge is 0.386 e. The van der Waals surface area contributed by atoms with Crippen molar-refractivity contribution in [3.63, 3.8) is 0 Å². The fourth-order valence-electron chi connectivity index (χ4n) is 2.60. The van der Waals surface area contributed by atoms with Crippen LogP contribution in [0.15, 0.2) is 36.7 Å². The van der Waals surface area contributed by atoms with E-state index in [1.165, 1.54) is 0 Å². The van der Waals surface area contributed by atoms with Gasteiger partial charge in [-0.05, 0) is 24.1 Å². The van der Waals surface area contributed by atoms with Crippen molar-refractivity contribution in [3.8, 4) is 0 Å². The number of hydrogen-bond donors (Lipinski definition) is 1. The summed E-state index contributed by atoms with van der Waals surface area (Å²) in [5.74, 6) is 0. The minimum atomic E-state index is -0.615. The Morgan fingerprint density at radius 3 is 3.16 bits per heavy atom. The van der Waals surface area contributed by atoms with E-state index in [2.05, 4.69) is 9.88 Å². The number of aromatic nitrogens is 1. The SMILES string of the molecule is CN1CCOC(C(O)c2cccc3ccncc23)C1. The Morgan fingerprint density at radius 1 is 1.42 bits per heavy atom. The van der Waals surface area contributed by atoms with Crippen LogP contribution in [-0.2, 0) is 4.74 Å². The zero-order valence-corrected chi connectivity index (χ0v) is 11.0. The number of aliphatic hydroxyl groups is 1. The maximum atomic E-state index is 10.6. The number of rotatable bonds is 2. The van der Waals surface area contributed by atoms with Gasteiger partial charge in [0, 0.05) is 30.9 Å². The number of ether oxygens (including phenoxy) is 1. The first-order chi connectivity index (χ1) is 9.25. The first-order valence-corrected chi connectivity index (χ1v) is 6.56. The minimum Gasteiger partial charge on any atom is -0.386 e. The molecule has 0 radical (unpaired) electrons. The van der Waals surface area contributed by atoms with Gasteiger partial charge in [0.15, 0.2) is 0 Å². The molecule has 19 heavy (non-hydrogen) atoms. The van der Waals surface area contributed by atoms with Gasteiger partial charge in [-0.3, -0.25) is 4.98 Å². The number of morpholine rings is 1. The van der Waals surface area contributed by atoms with Crippen molar-refractivity contribution in [2.45, 2.75) is 12.2 Å². The molecule has 2 heterocycles. The molecule has 2 aromatic rings. The first kappa shape index (κ1) is 12.5. The van der Waals surface area contributed by atoms with Crippen molar-refractivity contribution in [2.24, 2.45) is 0 Å². The van der Waals surface area contributed by atoms with E-state index in [0.29, 0.717) is 6.61 Å². The summed E-state index contributed by atoms with van der Waals surface area (Å²) in [7, 11) is 2.05. The molecule has 1 aromatic heterocycles. The van der Waals surface area contributed by atoms with E-state index in [1.54, 1.807) is 12.4 Å². The van der Waals surface area contributed by atoms with Gasteiger partial charge >= 0.3 is 0 Å². The maximum Gasteiger partial charge on any atom is 0.107 e. The number of benzene rings is 1. The standard InChI is InChI=1S/C15H18N2O2/c1-17-7-8-19-14(10-17)15(18)12-4-2-3-11-5-6-16-9-13(11)12/h2-6,9,14-15,18H,7-8,10H2,1H3. The van der Waals surface area contributed by atoms with Crippen LogP contribution >= 0.6 is 0 Å². The molecule has 1 aliphatic heterocycles. The lowest BCUT2D eigenvalue weighted by molar-refractivity contribution is -0.0840. The number of aliphatic hydroxyl groups excluding tert-OH is 1. The molecule has 4 nitrogen and oxygen atoms in total. The molecule has 0 saturated carbocycles. The third-order valence-electron chi connectivity index (χ3n) is 3.68. The van der Waals surface area contributed by atoms with Crippen LogP contribution < -0.4 is 0 Å². The second-order valence-electron chi connectivity index (χ2n) is 5.06. The summed E-state index contributed by atoms with van der Waals surface area (Å²) in [4.78, 5) is 6.33. The van der Waals surface area contributed by atoms with Crippen LogP contribution in [0.2, 0.25) is 0 Å². The van der Waals surface area contributed by atoms with Gasteiger partial charge in [-0.2, -0.15) is 0 Å². The quantitative estimate of drug-likeness (QED) is 0.888. The van der Waals surface area contributed by atoms with Gasteiger partial charge in [-0.15, -0.1) is 0 Å². The van der Waals surface area contributed by atoms with Crippen LogP contribution in [0.3, 0.4) is 0 Å². The van der Waals surface area contributed by atoms with E-state index in [1.807, 2.05) is 31.3 Å². The third kappa shape index (κ3) is 2.47. The topological polar surface area (TPSA) is 45.6 Å². The van der Waals surface area contributed by atoms with Gasteiger partial charge in [0.2, 0.25) is 0 Å². The number of nitrogens with zero attached hydrogens (tertiary/aromatic N) is 2. The molecule has 1 aromatic carbocycles. The Bertz CT molecular complexity index is 568. The minimum absolute atomic E-state index is 0.176. The fourth-order valence-corrected chi connectivity index (χ4v) is 2.60. The van der Waals surface area contributed by atoms with Crippen LogP contribution in [0.1, 0.15) is 11.7 Å². The number of hydrogen-bond acceptors (Lipinski definition) is 4. The summed E-state index contributed by atoms with van der Waals surface area (Å²) in [6, 6.07) is 7.90. The Morgan fingerprint density at radius 2 is 2.32 bits per heavy atom. The molecule has 4 heteroatoms. The van der Waals surface area contributed by atoms with Crippen LogP contribution in [0.4, 0.5) is 0 Å². The summed E-state index contributed by atoms with van der Waals surface area (Å²) in [5, 5.41) is 12.7. The van der Waals surface area contributed by atoms with E-state index < -0.39 is 6.10 Å². The molecule has 1 N–H and O–H groups in total. The molecular formula is C15H18N2O2. The molecule has 100 valence electrons. The monoisotopic (exact) mass is 258 g/mol. The lowest BCUT2D eigenvalue weighted by atomic mass is 9.98. The number of likely N-dealkylation sites (N-methyl/N-ethyl adjacent to an activating group) is 1. The van der Waals surface area contributed by atoms with Crippen LogP contribution in [0.25, 0.3) is 10.8 Å². The van der Waals surface area contributed by atoms with Crippen molar-refractivity contribution in [2.75, 3.05) is 26.7 Å². The highest BCUT2D eigenvalue weighted by Crippen LogP contribution is 2.28. The maximum absolute atomic E-state index is 10.6. The molecule has 1 aliphatic rings. The van der Waals surface area contributed by atoms with Crippen LogP contribution in [0, 0.1) is 0 Å². The smallest absolute Gasteiger partial charge is 0.107 e. The zero-order chi connectivity index (χ0) is 13.2. The second-order valence-corrected chi connectivity index (χ2v) is 5.06. The molecule has 0 aliphatic carbocycles. The van der Waals surface area contributed by atoms with Crippen LogP contribution in [-0.4, -0.2) is 47.8 Å². The average Bonchev–Trinajstić information content (AvgIpc) is 2.46. The average molecular weight is 258 g/mol. The predicted molar refractivity (Wildman–Crippen MR) is 73.9 cm³/mol. The number of fused-ring (bicyclic) bond motifs is 1.